The Morgan fingerprint density at radius 2 is 2.12 bits per heavy atom. The Labute approximate surface area is 95.4 Å². The summed E-state index contributed by atoms with van der Waals surface area (Å²) in [5.74, 6) is -0.744. The Hall–Kier alpha value is -2.93. The van der Waals surface area contributed by atoms with Crippen molar-refractivity contribution in [2.75, 3.05) is 5.32 Å². The Morgan fingerprint density at radius 1 is 1.47 bits per heavy atom. The van der Waals surface area contributed by atoms with Crippen LogP contribution in [0.4, 0.5) is 15.8 Å². The van der Waals surface area contributed by atoms with Gasteiger partial charge in [-0.2, -0.15) is 10.5 Å². The summed E-state index contributed by atoms with van der Waals surface area (Å²) in [5, 5.41) is 29.9. The van der Waals surface area contributed by atoms with Crippen molar-refractivity contribution in [3.05, 3.63) is 45.9 Å². The van der Waals surface area contributed by atoms with Crippen LogP contribution >= 0.6 is 0 Å². The number of nitrogens with zero attached hydrogens (tertiary/aromatic N) is 3. The summed E-state index contributed by atoms with van der Waals surface area (Å²) in [4.78, 5) is 9.84. The van der Waals surface area contributed by atoms with Crippen LogP contribution in [0.15, 0.2) is 30.0 Å². The van der Waals surface area contributed by atoms with Gasteiger partial charge in [-0.1, -0.05) is 0 Å². The van der Waals surface area contributed by atoms with Crippen molar-refractivity contribution in [3.8, 4) is 12.1 Å². The van der Waals surface area contributed by atoms with E-state index in [1.54, 1.807) is 12.1 Å². The summed E-state index contributed by atoms with van der Waals surface area (Å²) in [6.07, 6.45) is 1.01. The van der Waals surface area contributed by atoms with Gasteiger partial charge in [0.2, 0.25) is 0 Å². The summed E-state index contributed by atoms with van der Waals surface area (Å²) in [6.45, 7) is 0. The van der Waals surface area contributed by atoms with Crippen molar-refractivity contribution in [2.45, 2.75) is 0 Å². The fraction of sp³-hybridized carbons (Fsp3) is 0. The maximum Gasteiger partial charge on any atom is 0.295 e. The molecule has 6 nitrogen and oxygen atoms in total. The predicted octanol–water partition coefficient (Wildman–Crippen LogP) is 2.08. The number of nitriles is 2. The molecule has 0 aliphatic carbocycles. The van der Waals surface area contributed by atoms with Gasteiger partial charge in [0.1, 0.15) is 29.2 Å². The van der Waals surface area contributed by atoms with Crippen molar-refractivity contribution >= 4 is 11.4 Å². The number of nitrogens with one attached hydrogen (secondary N) is 1. The highest BCUT2D eigenvalue weighted by Gasteiger charge is 2.13. The smallest absolute Gasteiger partial charge is 0.295 e. The lowest BCUT2D eigenvalue weighted by atomic mass is 10.2. The van der Waals surface area contributed by atoms with Gasteiger partial charge in [0.25, 0.3) is 5.69 Å². The number of nitro groups is 1. The molecule has 0 aliphatic rings. The third-order valence-electron chi connectivity index (χ3n) is 1.77. The number of rotatable bonds is 3. The molecule has 0 amide bonds. The number of nitro benzene ring substituents is 1. The molecule has 0 atom stereocenters. The van der Waals surface area contributed by atoms with Gasteiger partial charge in [0.05, 0.1) is 11.0 Å². The Kier molecular flexibility index (Phi) is 3.74. The molecule has 17 heavy (non-hydrogen) atoms. The zero-order valence-electron chi connectivity index (χ0n) is 8.35. The average Bonchev–Trinajstić information content (AvgIpc) is 2.31. The second-order valence-corrected chi connectivity index (χ2v) is 2.84. The molecule has 0 fully saturated rings. The molecule has 0 spiro atoms. The topological polar surface area (TPSA) is 103 Å². The molecule has 0 unspecified atom stereocenters. The largest absolute Gasteiger partial charge is 0.354 e. The van der Waals surface area contributed by atoms with E-state index in [4.69, 9.17) is 10.5 Å². The SMILES string of the molecule is N#CC(C#N)=CNc1ccc(F)cc1[N+](=O)[O-]. The van der Waals surface area contributed by atoms with Crippen molar-refractivity contribution < 1.29 is 9.31 Å². The van der Waals surface area contributed by atoms with E-state index in [0.29, 0.717) is 0 Å². The standard InChI is InChI=1S/C10H5FN4O2/c11-8-1-2-9(10(3-8)15(16)17)14-6-7(4-12)5-13/h1-3,6,14H. The number of halogens is 1. The highest BCUT2D eigenvalue weighted by atomic mass is 19.1. The van der Waals surface area contributed by atoms with Crippen molar-refractivity contribution in [2.24, 2.45) is 0 Å². The van der Waals surface area contributed by atoms with Crippen LogP contribution in [0.2, 0.25) is 0 Å². The minimum atomic E-state index is -0.766. The van der Waals surface area contributed by atoms with Gasteiger partial charge < -0.3 is 5.32 Å². The maximum absolute atomic E-state index is 12.8. The molecule has 1 aromatic carbocycles. The third-order valence-corrected chi connectivity index (χ3v) is 1.77. The van der Waals surface area contributed by atoms with Gasteiger partial charge >= 0.3 is 0 Å². The highest BCUT2D eigenvalue weighted by Crippen LogP contribution is 2.24. The summed E-state index contributed by atoms with van der Waals surface area (Å²) in [5.41, 5.74) is -0.723. The van der Waals surface area contributed by atoms with Gasteiger partial charge in [-0.15, -0.1) is 0 Å². The first-order valence-corrected chi connectivity index (χ1v) is 4.29. The summed E-state index contributed by atoms with van der Waals surface area (Å²) >= 11 is 0. The molecule has 1 aromatic rings. The predicted molar refractivity (Wildman–Crippen MR) is 56.0 cm³/mol. The van der Waals surface area contributed by atoms with E-state index in [0.717, 1.165) is 24.4 Å². The van der Waals surface area contributed by atoms with Crippen molar-refractivity contribution in [1.82, 2.24) is 0 Å². The second kappa shape index (κ2) is 5.24. The Balaban J connectivity index is 3.09. The van der Waals surface area contributed by atoms with Crippen molar-refractivity contribution in [1.29, 1.82) is 10.5 Å². The van der Waals surface area contributed by atoms with E-state index in [2.05, 4.69) is 5.32 Å². The number of anilines is 1. The molecule has 84 valence electrons. The molecule has 0 aromatic heterocycles. The number of benzene rings is 1. The van der Waals surface area contributed by atoms with Gasteiger partial charge in [0.15, 0.2) is 0 Å². The van der Waals surface area contributed by atoms with Crippen LogP contribution in [0.5, 0.6) is 0 Å². The van der Waals surface area contributed by atoms with Crippen LogP contribution in [0.1, 0.15) is 0 Å². The first kappa shape index (κ1) is 12.1. The van der Waals surface area contributed by atoms with Crippen LogP contribution in [0.3, 0.4) is 0 Å². The van der Waals surface area contributed by atoms with E-state index >= 15 is 0 Å². The first-order valence-electron chi connectivity index (χ1n) is 4.29. The lowest BCUT2D eigenvalue weighted by Crippen LogP contribution is -1.97. The van der Waals surface area contributed by atoms with Crippen LogP contribution in [-0.4, -0.2) is 4.92 Å². The second-order valence-electron chi connectivity index (χ2n) is 2.84. The maximum atomic E-state index is 12.8. The monoisotopic (exact) mass is 232 g/mol. The minimum Gasteiger partial charge on any atom is -0.354 e. The lowest BCUT2D eigenvalue weighted by molar-refractivity contribution is -0.384. The fourth-order valence-corrected chi connectivity index (χ4v) is 1.02. The van der Waals surface area contributed by atoms with Gasteiger partial charge in [-0.3, -0.25) is 10.1 Å². The quantitative estimate of drug-likeness (QED) is 0.488. The normalized spacial score (nSPS) is 8.65. The Morgan fingerprint density at radius 3 is 2.65 bits per heavy atom. The first-order chi connectivity index (χ1) is 8.08. The molecular weight excluding hydrogens is 227 g/mol. The summed E-state index contributed by atoms with van der Waals surface area (Å²) in [6, 6.07) is 6.07. The number of hydrogen-bond acceptors (Lipinski definition) is 5. The van der Waals surface area contributed by atoms with Gasteiger partial charge in [0, 0.05) is 6.20 Å². The Bertz CT molecular complexity index is 553. The number of allylic oxidation sites excluding steroid dienone is 1. The highest BCUT2D eigenvalue weighted by molar-refractivity contribution is 5.63. The molecule has 0 aliphatic heterocycles. The molecule has 0 bridgehead atoms. The molecule has 1 rings (SSSR count). The van der Waals surface area contributed by atoms with E-state index < -0.39 is 16.4 Å². The van der Waals surface area contributed by atoms with Gasteiger partial charge in [-0.05, 0) is 12.1 Å². The molecule has 0 radical (unpaired) electrons. The summed E-state index contributed by atoms with van der Waals surface area (Å²) < 4.78 is 12.8. The minimum absolute atomic E-state index is 0.000556. The summed E-state index contributed by atoms with van der Waals surface area (Å²) in [7, 11) is 0. The van der Waals surface area contributed by atoms with Crippen LogP contribution in [-0.2, 0) is 0 Å². The lowest BCUT2D eigenvalue weighted by Gasteiger charge is -2.01. The molecular formula is C10H5FN4O2. The molecule has 7 heteroatoms. The molecule has 0 saturated heterocycles. The van der Waals surface area contributed by atoms with E-state index in [-0.39, 0.29) is 11.3 Å². The molecule has 0 saturated carbocycles. The third kappa shape index (κ3) is 3.01. The van der Waals surface area contributed by atoms with E-state index in [1.165, 1.54) is 0 Å². The molecule has 0 heterocycles. The van der Waals surface area contributed by atoms with E-state index in [9.17, 15) is 14.5 Å². The molecule has 1 N–H and O–H groups in total. The van der Waals surface area contributed by atoms with E-state index in [1.807, 2.05) is 0 Å². The van der Waals surface area contributed by atoms with Gasteiger partial charge in [-0.25, -0.2) is 4.39 Å². The van der Waals surface area contributed by atoms with Crippen molar-refractivity contribution in [3.63, 3.8) is 0 Å². The van der Waals surface area contributed by atoms with Crippen LogP contribution in [0, 0.1) is 38.6 Å². The average molecular weight is 232 g/mol. The zero-order chi connectivity index (χ0) is 12.8. The fourth-order valence-electron chi connectivity index (χ4n) is 1.02. The zero-order valence-corrected chi connectivity index (χ0v) is 8.35. The van der Waals surface area contributed by atoms with Crippen LogP contribution < -0.4 is 5.32 Å². The van der Waals surface area contributed by atoms with Crippen LogP contribution in [0.25, 0.3) is 0 Å². The number of hydrogen-bond donors (Lipinski definition) is 1.